The lowest BCUT2D eigenvalue weighted by molar-refractivity contribution is -0.141. The molecule has 2 amide bonds. The summed E-state index contributed by atoms with van der Waals surface area (Å²) in [6.07, 6.45) is 2.67. The van der Waals surface area contributed by atoms with E-state index in [9.17, 15) is 14.4 Å². The van der Waals surface area contributed by atoms with Crippen molar-refractivity contribution < 1.29 is 14.4 Å². The second-order valence-corrected chi connectivity index (χ2v) is 6.38. The molecule has 1 heterocycles. The number of rotatable bonds is 3. The zero-order valence-electron chi connectivity index (χ0n) is 11.6. The summed E-state index contributed by atoms with van der Waals surface area (Å²) in [5.74, 6) is 0.575. The van der Waals surface area contributed by atoms with Crippen LogP contribution in [0.1, 0.15) is 33.1 Å². The second kappa shape index (κ2) is 3.81. The first-order valence-electron chi connectivity index (χ1n) is 6.97. The van der Waals surface area contributed by atoms with Crippen molar-refractivity contribution in [2.24, 2.45) is 17.8 Å². The molecule has 1 N–H and O–H groups in total. The van der Waals surface area contributed by atoms with E-state index in [-0.39, 0.29) is 29.4 Å². The van der Waals surface area contributed by atoms with Crippen LogP contribution in [0.2, 0.25) is 0 Å². The monoisotopic (exact) mass is 264 g/mol. The van der Waals surface area contributed by atoms with Gasteiger partial charge in [-0.2, -0.15) is 0 Å². The Balaban J connectivity index is 1.89. The molecular weight excluding hydrogens is 244 g/mol. The normalized spacial score (nSPS) is 40.7. The van der Waals surface area contributed by atoms with Crippen LogP contribution in [0.25, 0.3) is 0 Å². The summed E-state index contributed by atoms with van der Waals surface area (Å²) in [5.41, 5.74) is -0.686. The topological polar surface area (TPSA) is 66.5 Å². The summed E-state index contributed by atoms with van der Waals surface area (Å²) in [4.78, 5) is 37.8. The molecule has 0 radical (unpaired) electrons. The summed E-state index contributed by atoms with van der Waals surface area (Å²) in [7, 11) is 1.74. The first kappa shape index (κ1) is 12.6. The van der Waals surface area contributed by atoms with E-state index in [2.05, 4.69) is 5.32 Å². The minimum Gasteiger partial charge on any atom is -0.345 e. The number of likely N-dealkylation sites (N-methyl/N-ethyl adjacent to an activating group) is 1. The first-order chi connectivity index (χ1) is 8.87. The molecule has 5 unspecified atom stereocenters. The van der Waals surface area contributed by atoms with E-state index in [1.807, 2.05) is 0 Å². The number of carbonyl (C=O) groups excluding carboxylic acids is 3. The fourth-order valence-corrected chi connectivity index (χ4v) is 4.37. The van der Waals surface area contributed by atoms with Crippen LogP contribution in [-0.4, -0.2) is 41.1 Å². The van der Waals surface area contributed by atoms with Crippen molar-refractivity contribution in [3.63, 3.8) is 0 Å². The zero-order chi connectivity index (χ0) is 13.9. The third kappa shape index (κ3) is 1.44. The maximum Gasteiger partial charge on any atom is 0.246 e. The summed E-state index contributed by atoms with van der Waals surface area (Å²) in [6.45, 7) is 3.16. The van der Waals surface area contributed by atoms with Gasteiger partial charge in [-0.3, -0.25) is 14.4 Å². The predicted octanol–water partition coefficient (Wildman–Crippen LogP) is 0.337. The highest BCUT2D eigenvalue weighted by Gasteiger charge is 2.69. The molecule has 0 aromatic carbocycles. The maximum absolute atomic E-state index is 12.6. The molecule has 3 rings (SSSR count). The van der Waals surface area contributed by atoms with Gasteiger partial charge in [0.2, 0.25) is 11.8 Å². The Morgan fingerprint density at radius 2 is 2.11 bits per heavy atom. The van der Waals surface area contributed by atoms with Gasteiger partial charge in [0, 0.05) is 18.9 Å². The van der Waals surface area contributed by atoms with Gasteiger partial charge in [0.05, 0.1) is 6.04 Å². The molecule has 5 heteroatoms. The SMILES string of the molecule is CC(=O)C(C)NC(=O)C12CC3CC(C(=O)N1C)C2C3. The molecule has 2 saturated carbocycles. The van der Waals surface area contributed by atoms with Gasteiger partial charge in [0.1, 0.15) is 5.54 Å². The summed E-state index contributed by atoms with van der Waals surface area (Å²) in [6, 6.07) is -0.483. The molecule has 5 nitrogen and oxygen atoms in total. The Morgan fingerprint density at radius 1 is 1.42 bits per heavy atom. The molecule has 5 atom stereocenters. The highest BCUT2D eigenvalue weighted by Crippen LogP contribution is 2.61. The third-order valence-electron chi connectivity index (χ3n) is 5.47. The van der Waals surface area contributed by atoms with E-state index in [1.165, 1.54) is 6.92 Å². The van der Waals surface area contributed by atoms with Crippen molar-refractivity contribution in [3.8, 4) is 0 Å². The number of Topliss-reactive ketones (excluding diaryl/α,β-unsaturated/α-hetero) is 1. The largest absolute Gasteiger partial charge is 0.345 e. The van der Waals surface area contributed by atoms with E-state index >= 15 is 0 Å². The number of hydrogen-bond acceptors (Lipinski definition) is 3. The van der Waals surface area contributed by atoms with Crippen LogP contribution in [0.4, 0.5) is 0 Å². The van der Waals surface area contributed by atoms with Crippen LogP contribution in [-0.2, 0) is 14.4 Å². The smallest absolute Gasteiger partial charge is 0.246 e. The number of likely N-dealkylation sites (tertiary alicyclic amines) is 1. The molecule has 0 spiro atoms. The number of nitrogens with zero attached hydrogens (tertiary/aromatic N) is 1. The molecule has 0 aromatic heterocycles. The van der Waals surface area contributed by atoms with Crippen LogP contribution in [0.3, 0.4) is 0 Å². The number of amides is 2. The maximum atomic E-state index is 12.6. The first-order valence-corrected chi connectivity index (χ1v) is 6.97. The number of ketones is 1. The van der Waals surface area contributed by atoms with E-state index in [1.54, 1.807) is 18.9 Å². The number of nitrogens with one attached hydrogen (secondary N) is 1. The molecule has 104 valence electrons. The van der Waals surface area contributed by atoms with Crippen LogP contribution in [0, 0.1) is 17.8 Å². The Labute approximate surface area is 112 Å². The van der Waals surface area contributed by atoms with Gasteiger partial charge < -0.3 is 10.2 Å². The quantitative estimate of drug-likeness (QED) is 0.799. The summed E-state index contributed by atoms with van der Waals surface area (Å²) in [5, 5.41) is 2.79. The van der Waals surface area contributed by atoms with Crippen molar-refractivity contribution in [2.45, 2.75) is 44.7 Å². The molecule has 0 aromatic rings. The average molecular weight is 264 g/mol. The molecule has 3 fully saturated rings. The van der Waals surface area contributed by atoms with Gasteiger partial charge in [-0.15, -0.1) is 0 Å². The van der Waals surface area contributed by atoms with Gasteiger partial charge in [0.25, 0.3) is 0 Å². The lowest BCUT2D eigenvalue weighted by Gasteiger charge is -2.36. The highest BCUT2D eigenvalue weighted by atomic mass is 16.2. The predicted molar refractivity (Wildman–Crippen MR) is 68.1 cm³/mol. The second-order valence-electron chi connectivity index (χ2n) is 6.38. The van der Waals surface area contributed by atoms with E-state index in [0.29, 0.717) is 5.92 Å². The molecule has 2 bridgehead atoms. The number of carbonyl (C=O) groups is 3. The number of hydrogen-bond donors (Lipinski definition) is 1. The standard InChI is InChI=1S/C14H20N2O3/c1-7(8(2)17)15-13(19)14-6-9-4-10(11(14)5-9)12(18)16(14)3/h7,9-11H,4-6H2,1-3H3,(H,15,19). The minimum atomic E-state index is -0.686. The molecule has 1 aliphatic heterocycles. The lowest BCUT2D eigenvalue weighted by atomic mass is 9.78. The molecule has 3 aliphatic rings. The lowest BCUT2D eigenvalue weighted by Crippen LogP contribution is -2.59. The van der Waals surface area contributed by atoms with Crippen LogP contribution in [0.15, 0.2) is 0 Å². The Morgan fingerprint density at radius 3 is 2.68 bits per heavy atom. The molecule has 19 heavy (non-hydrogen) atoms. The van der Waals surface area contributed by atoms with Crippen molar-refractivity contribution in [1.82, 2.24) is 10.2 Å². The van der Waals surface area contributed by atoms with Gasteiger partial charge in [-0.1, -0.05) is 0 Å². The van der Waals surface area contributed by atoms with Crippen molar-refractivity contribution >= 4 is 17.6 Å². The van der Waals surface area contributed by atoms with Crippen LogP contribution in [0.5, 0.6) is 0 Å². The number of fused-ring (bicyclic) bond motifs is 1. The minimum absolute atomic E-state index is 0.0298. The van der Waals surface area contributed by atoms with Gasteiger partial charge in [-0.25, -0.2) is 0 Å². The van der Waals surface area contributed by atoms with E-state index < -0.39 is 11.6 Å². The van der Waals surface area contributed by atoms with Gasteiger partial charge >= 0.3 is 0 Å². The summed E-state index contributed by atoms with van der Waals surface area (Å²) < 4.78 is 0. The highest BCUT2D eigenvalue weighted by molar-refractivity contribution is 5.99. The Kier molecular flexibility index (Phi) is 2.53. The van der Waals surface area contributed by atoms with Crippen molar-refractivity contribution in [3.05, 3.63) is 0 Å². The average Bonchev–Trinajstić information content (AvgIpc) is 2.96. The van der Waals surface area contributed by atoms with E-state index in [4.69, 9.17) is 0 Å². The molecular formula is C14H20N2O3. The molecule has 2 aliphatic carbocycles. The van der Waals surface area contributed by atoms with E-state index in [0.717, 1.165) is 19.3 Å². The van der Waals surface area contributed by atoms with Gasteiger partial charge in [0.15, 0.2) is 5.78 Å². The Hall–Kier alpha value is -1.39. The van der Waals surface area contributed by atoms with Crippen LogP contribution < -0.4 is 5.32 Å². The molecule has 1 saturated heterocycles. The van der Waals surface area contributed by atoms with Gasteiger partial charge in [-0.05, 0) is 39.0 Å². The zero-order valence-corrected chi connectivity index (χ0v) is 11.6. The fourth-order valence-electron chi connectivity index (χ4n) is 4.37. The third-order valence-corrected chi connectivity index (χ3v) is 5.47. The van der Waals surface area contributed by atoms with Crippen molar-refractivity contribution in [2.75, 3.05) is 7.05 Å². The fraction of sp³-hybridized carbons (Fsp3) is 0.786. The van der Waals surface area contributed by atoms with Crippen molar-refractivity contribution in [1.29, 1.82) is 0 Å². The van der Waals surface area contributed by atoms with Crippen LogP contribution >= 0.6 is 0 Å². The summed E-state index contributed by atoms with van der Waals surface area (Å²) >= 11 is 0. The Bertz CT molecular complexity index is 475.